The van der Waals surface area contributed by atoms with Gasteiger partial charge in [0.15, 0.2) is 5.82 Å². The van der Waals surface area contributed by atoms with E-state index in [1.54, 1.807) is 35.7 Å². The number of aryl methyl sites for hydroxylation is 2. The zero-order valence-electron chi connectivity index (χ0n) is 15.1. The van der Waals surface area contributed by atoms with Gasteiger partial charge in [0.1, 0.15) is 12.4 Å². The maximum atomic E-state index is 12.9. The number of fused-ring (bicyclic) bond motifs is 3. The summed E-state index contributed by atoms with van der Waals surface area (Å²) in [7, 11) is 3.23. The third kappa shape index (κ3) is 3.15. The van der Waals surface area contributed by atoms with Crippen LogP contribution in [0.3, 0.4) is 0 Å². The number of hydrogen-bond acceptors (Lipinski definition) is 6. The maximum Gasteiger partial charge on any atom is 0.261 e. The molecule has 0 saturated carbocycles. The van der Waals surface area contributed by atoms with Crippen LogP contribution in [0, 0.1) is 0 Å². The summed E-state index contributed by atoms with van der Waals surface area (Å²) in [6, 6.07) is 9.67. The molecule has 0 aliphatic carbocycles. The summed E-state index contributed by atoms with van der Waals surface area (Å²) in [6.45, 7) is 0.834. The van der Waals surface area contributed by atoms with Crippen LogP contribution in [0.15, 0.2) is 47.5 Å². The average molecular weight is 365 g/mol. The fraction of sp³-hybridized carbons (Fsp3) is 0.263. The molecule has 0 fully saturated rings. The van der Waals surface area contributed by atoms with Gasteiger partial charge < -0.3 is 14.0 Å². The lowest BCUT2D eigenvalue weighted by molar-refractivity contribution is 0.178. The molecule has 4 rings (SSSR count). The lowest BCUT2D eigenvalue weighted by Gasteiger charge is -2.10. The van der Waals surface area contributed by atoms with Crippen LogP contribution in [0.1, 0.15) is 11.4 Å². The molecule has 0 spiro atoms. The Morgan fingerprint density at radius 3 is 2.81 bits per heavy atom. The van der Waals surface area contributed by atoms with E-state index in [1.165, 1.54) is 0 Å². The smallest absolute Gasteiger partial charge is 0.261 e. The van der Waals surface area contributed by atoms with Crippen LogP contribution < -0.4 is 10.3 Å². The number of para-hydroxylation sites is 1. The molecule has 0 unspecified atom stereocenters. The number of hydrogen-bond donors (Lipinski definition) is 0. The zero-order chi connectivity index (χ0) is 18.8. The van der Waals surface area contributed by atoms with Gasteiger partial charge in [0.2, 0.25) is 0 Å². The molecular formula is C19H19N5O3. The normalized spacial score (nSPS) is 11.3. The van der Waals surface area contributed by atoms with Gasteiger partial charge in [0.25, 0.3) is 11.3 Å². The lowest BCUT2D eigenvalue weighted by atomic mass is 10.1. The highest BCUT2D eigenvalue weighted by Crippen LogP contribution is 2.18. The Morgan fingerprint density at radius 1 is 1.15 bits per heavy atom. The van der Waals surface area contributed by atoms with Gasteiger partial charge in [-0.25, -0.2) is 4.98 Å². The number of benzene rings is 1. The first kappa shape index (κ1) is 17.2. The van der Waals surface area contributed by atoms with Gasteiger partial charge in [-0.15, -0.1) is 5.10 Å². The quantitative estimate of drug-likeness (QED) is 0.518. The molecule has 0 aliphatic heterocycles. The van der Waals surface area contributed by atoms with Crippen LogP contribution in [0.2, 0.25) is 0 Å². The second kappa shape index (κ2) is 7.16. The first-order valence-corrected chi connectivity index (χ1v) is 8.56. The summed E-state index contributed by atoms with van der Waals surface area (Å²) in [4.78, 5) is 21.4. The van der Waals surface area contributed by atoms with E-state index in [4.69, 9.17) is 9.47 Å². The molecule has 3 aromatic heterocycles. The van der Waals surface area contributed by atoms with Crippen molar-refractivity contribution in [1.29, 1.82) is 0 Å². The highest BCUT2D eigenvalue weighted by Gasteiger charge is 2.11. The molecule has 8 heteroatoms. The Kier molecular flexibility index (Phi) is 4.55. The van der Waals surface area contributed by atoms with Crippen LogP contribution in [-0.4, -0.2) is 38.4 Å². The summed E-state index contributed by atoms with van der Waals surface area (Å²) in [5.41, 5.74) is 1.62. The van der Waals surface area contributed by atoms with E-state index in [9.17, 15) is 4.79 Å². The highest BCUT2D eigenvalue weighted by molar-refractivity contribution is 5.78. The summed E-state index contributed by atoms with van der Waals surface area (Å²) >= 11 is 0. The Hall–Kier alpha value is -3.26. The van der Waals surface area contributed by atoms with Crippen molar-refractivity contribution < 1.29 is 9.47 Å². The highest BCUT2D eigenvalue weighted by atomic mass is 16.5. The van der Waals surface area contributed by atoms with Gasteiger partial charge in [0.05, 0.1) is 18.0 Å². The SMILES string of the molecule is COCc1nc2ncc3c(=O)n(CCc4ccccc4OC)ccc3n2n1. The zero-order valence-corrected chi connectivity index (χ0v) is 15.1. The third-order valence-corrected chi connectivity index (χ3v) is 4.44. The predicted molar refractivity (Wildman–Crippen MR) is 100.0 cm³/mol. The predicted octanol–water partition coefficient (Wildman–Crippen LogP) is 1.84. The van der Waals surface area contributed by atoms with E-state index >= 15 is 0 Å². The first-order chi connectivity index (χ1) is 13.2. The monoisotopic (exact) mass is 365 g/mol. The number of ether oxygens (including phenoxy) is 2. The van der Waals surface area contributed by atoms with Gasteiger partial charge in [-0.1, -0.05) is 18.2 Å². The lowest BCUT2D eigenvalue weighted by Crippen LogP contribution is -2.21. The van der Waals surface area contributed by atoms with Crippen LogP contribution in [0.4, 0.5) is 0 Å². The maximum absolute atomic E-state index is 12.9. The number of pyridine rings is 1. The molecule has 138 valence electrons. The van der Waals surface area contributed by atoms with E-state index in [0.29, 0.717) is 42.1 Å². The number of nitrogens with zero attached hydrogens (tertiary/aromatic N) is 5. The van der Waals surface area contributed by atoms with E-state index in [2.05, 4.69) is 15.1 Å². The van der Waals surface area contributed by atoms with Crippen LogP contribution in [0.25, 0.3) is 16.7 Å². The third-order valence-electron chi connectivity index (χ3n) is 4.44. The molecule has 3 heterocycles. The summed E-state index contributed by atoms with van der Waals surface area (Å²) < 4.78 is 13.7. The van der Waals surface area contributed by atoms with Crippen molar-refractivity contribution in [3.63, 3.8) is 0 Å². The minimum Gasteiger partial charge on any atom is -0.496 e. The Bertz CT molecular complexity index is 1170. The fourth-order valence-electron chi connectivity index (χ4n) is 3.12. The van der Waals surface area contributed by atoms with Crippen LogP contribution in [0.5, 0.6) is 5.75 Å². The second-order valence-electron chi connectivity index (χ2n) is 6.11. The van der Waals surface area contributed by atoms with Crippen molar-refractivity contribution >= 4 is 16.7 Å². The molecule has 8 nitrogen and oxygen atoms in total. The van der Waals surface area contributed by atoms with E-state index in [0.717, 1.165) is 11.3 Å². The minimum absolute atomic E-state index is 0.111. The first-order valence-electron chi connectivity index (χ1n) is 8.56. The number of aromatic nitrogens is 5. The second-order valence-corrected chi connectivity index (χ2v) is 6.11. The molecule has 0 amide bonds. The molecule has 0 N–H and O–H groups in total. The Morgan fingerprint density at radius 2 is 2.00 bits per heavy atom. The Labute approximate surface area is 155 Å². The van der Waals surface area contributed by atoms with Crippen LogP contribution in [-0.2, 0) is 24.3 Å². The molecular weight excluding hydrogens is 346 g/mol. The van der Waals surface area contributed by atoms with Gasteiger partial charge in [-0.3, -0.25) is 4.79 Å². The standard InChI is InChI=1S/C19H19N5O3/c1-26-12-17-21-19-20-11-14-15(24(19)22-17)8-10-23(18(14)25)9-7-13-5-3-4-6-16(13)27-2/h3-6,8,10-11H,7,9,12H2,1-2H3. The summed E-state index contributed by atoms with van der Waals surface area (Å²) in [6.07, 6.45) is 4.02. The molecule has 0 radical (unpaired) electrons. The topological polar surface area (TPSA) is 83.5 Å². The Balaban J connectivity index is 1.69. The molecule has 27 heavy (non-hydrogen) atoms. The van der Waals surface area contributed by atoms with Crippen molar-refractivity contribution in [2.75, 3.05) is 14.2 Å². The van der Waals surface area contributed by atoms with E-state index in [-0.39, 0.29) is 5.56 Å². The molecule has 0 bridgehead atoms. The van der Waals surface area contributed by atoms with Crippen molar-refractivity contribution in [1.82, 2.24) is 24.1 Å². The number of methoxy groups -OCH3 is 2. The van der Waals surface area contributed by atoms with Crippen molar-refractivity contribution in [2.45, 2.75) is 19.6 Å². The summed E-state index contributed by atoms with van der Waals surface area (Å²) in [5.74, 6) is 1.79. The van der Waals surface area contributed by atoms with Gasteiger partial charge in [0, 0.05) is 26.0 Å². The molecule has 0 aliphatic rings. The van der Waals surface area contributed by atoms with Crippen molar-refractivity contribution in [2.24, 2.45) is 0 Å². The van der Waals surface area contributed by atoms with Gasteiger partial charge in [-0.05, 0) is 24.1 Å². The number of rotatable bonds is 6. The molecule has 0 saturated heterocycles. The summed E-state index contributed by atoms with van der Waals surface area (Å²) in [5, 5.41) is 4.87. The van der Waals surface area contributed by atoms with E-state index in [1.807, 2.05) is 30.3 Å². The van der Waals surface area contributed by atoms with Crippen molar-refractivity contribution in [3.05, 3.63) is 64.5 Å². The average Bonchev–Trinajstić information content (AvgIpc) is 3.11. The minimum atomic E-state index is -0.111. The van der Waals surface area contributed by atoms with Crippen LogP contribution >= 0.6 is 0 Å². The molecule has 4 aromatic rings. The van der Waals surface area contributed by atoms with E-state index < -0.39 is 0 Å². The van der Waals surface area contributed by atoms with Gasteiger partial charge in [-0.2, -0.15) is 9.50 Å². The fourth-order valence-corrected chi connectivity index (χ4v) is 3.12. The molecule has 0 atom stereocenters. The van der Waals surface area contributed by atoms with Gasteiger partial charge >= 0.3 is 0 Å². The largest absolute Gasteiger partial charge is 0.496 e. The van der Waals surface area contributed by atoms with Crippen molar-refractivity contribution in [3.8, 4) is 5.75 Å². The molecule has 1 aromatic carbocycles.